The maximum Gasteiger partial charge on any atom is 0.251 e. The standard InChI is InChI=1S/C26H22FN5O/c1-17-6-7-21(26(33)30-13-18-4-3-5-24(27)10-18)11-19(17)8-9-20-12-22(14-29-25(20)28)23-15-31-32(2)16-23/h3-7,10-12,14-16H,13H2,1-2H3,(H2,28,29)(H,30,33). The summed E-state index contributed by atoms with van der Waals surface area (Å²) in [7, 11) is 1.85. The molecule has 2 heterocycles. The van der Waals surface area contributed by atoms with Crippen molar-refractivity contribution in [3.63, 3.8) is 0 Å². The highest BCUT2D eigenvalue weighted by molar-refractivity contribution is 5.94. The van der Waals surface area contributed by atoms with Crippen LogP contribution in [0.4, 0.5) is 10.2 Å². The van der Waals surface area contributed by atoms with Gasteiger partial charge in [0.2, 0.25) is 0 Å². The van der Waals surface area contributed by atoms with Gasteiger partial charge < -0.3 is 11.1 Å². The second-order valence-electron chi connectivity index (χ2n) is 7.65. The minimum absolute atomic E-state index is 0.231. The van der Waals surface area contributed by atoms with Crippen molar-refractivity contribution in [2.24, 2.45) is 7.05 Å². The number of nitrogens with zero attached hydrogens (tertiary/aromatic N) is 3. The molecule has 0 radical (unpaired) electrons. The second-order valence-corrected chi connectivity index (χ2v) is 7.65. The summed E-state index contributed by atoms with van der Waals surface area (Å²) < 4.78 is 15.1. The summed E-state index contributed by atoms with van der Waals surface area (Å²) in [6, 6.07) is 13.3. The molecule has 164 valence electrons. The molecule has 4 rings (SSSR count). The van der Waals surface area contributed by atoms with E-state index in [0.29, 0.717) is 28.1 Å². The Balaban J connectivity index is 1.55. The number of nitrogen functional groups attached to an aromatic ring is 1. The van der Waals surface area contributed by atoms with Gasteiger partial charge in [-0.25, -0.2) is 9.37 Å². The molecular formula is C26H22FN5O. The third kappa shape index (κ3) is 5.25. The number of carbonyl (C=O) groups excluding carboxylic acids is 1. The predicted octanol–water partition coefficient (Wildman–Crippen LogP) is 3.84. The topological polar surface area (TPSA) is 85.8 Å². The fourth-order valence-electron chi connectivity index (χ4n) is 3.27. The van der Waals surface area contributed by atoms with E-state index in [2.05, 4.69) is 27.2 Å². The summed E-state index contributed by atoms with van der Waals surface area (Å²) in [5.41, 5.74) is 11.2. The number of benzene rings is 2. The number of carbonyl (C=O) groups is 1. The molecule has 4 aromatic rings. The van der Waals surface area contributed by atoms with E-state index in [1.807, 2.05) is 32.3 Å². The number of pyridine rings is 1. The van der Waals surface area contributed by atoms with Gasteiger partial charge in [-0.2, -0.15) is 5.10 Å². The number of hydrogen-bond donors (Lipinski definition) is 2. The van der Waals surface area contributed by atoms with Crippen molar-refractivity contribution >= 4 is 11.7 Å². The summed E-state index contributed by atoms with van der Waals surface area (Å²) in [5, 5.41) is 6.99. The normalized spacial score (nSPS) is 10.4. The highest BCUT2D eigenvalue weighted by atomic mass is 19.1. The highest BCUT2D eigenvalue weighted by Gasteiger charge is 2.09. The van der Waals surface area contributed by atoms with Crippen molar-refractivity contribution in [2.75, 3.05) is 5.73 Å². The first-order valence-electron chi connectivity index (χ1n) is 10.3. The molecule has 0 spiro atoms. The number of aryl methyl sites for hydroxylation is 2. The van der Waals surface area contributed by atoms with E-state index >= 15 is 0 Å². The zero-order valence-electron chi connectivity index (χ0n) is 18.3. The smallest absolute Gasteiger partial charge is 0.251 e. The molecule has 1 amide bonds. The Labute approximate surface area is 191 Å². The average molecular weight is 439 g/mol. The van der Waals surface area contributed by atoms with Crippen LogP contribution in [0.2, 0.25) is 0 Å². The van der Waals surface area contributed by atoms with Crippen LogP contribution in [0.1, 0.15) is 32.6 Å². The monoisotopic (exact) mass is 439 g/mol. The SMILES string of the molecule is Cc1ccc(C(=O)NCc2cccc(F)c2)cc1C#Cc1cc(-c2cnn(C)c2)cnc1N. The van der Waals surface area contributed by atoms with Gasteiger partial charge in [0.25, 0.3) is 5.91 Å². The zero-order valence-corrected chi connectivity index (χ0v) is 18.3. The van der Waals surface area contributed by atoms with Crippen LogP contribution in [0.5, 0.6) is 0 Å². The van der Waals surface area contributed by atoms with E-state index in [0.717, 1.165) is 16.7 Å². The maximum absolute atomic E-state index is 13.3. The Bertz CT molecular complexity index is 1400. The average Bonchev–Trinajstić information content (AvgIpc) is 3.24. The lowest BCUT2D eigenvalue weighted by Crippen LogP contribution is -2.23. The van der Waals surface area contributed by atoms with Crippen LogP contribution in [0, 0.1) is 24.6 Å². The van der Waals surface area contributed by atoms with Crippen LogP contribution in [0.25, 0.3) is 11.1 Å². The molecule has 6 nitrogen and oxygen atoms in total. The van der Waals surface area contributed by atoms with Crippen LogP contribution >= 0.6 is 0 Å². The molecule has 3 N–H and O–H groups in total. The molecule has 0 saturated heterocycles. The molecular weight excluding hydrogens is 417 g/mol. The van der Waals surface area contributed by atoms with Gasteiger partial charge in [-0.1, -0.05) is 30.0 Å². The van der Waals surface area contributed by atoms with Crippen LogP contribution in [0.3, 0.4) is 0 Å². The van der Waals surface area contributed by atoms with E-state index in [1.54, 1.807) is 41.3 Å². The third-order valence-corrected chi connectivity index (χ3v) is 5.13. The van der Waals surface area contributed by atoms with Gasteiger partial charge >= 0.3 is 0 Å². The highest BCUT2D eigenvalue weighted by Crippen LogP contribution is 2.21. The minimum Gasteiger partial charge on any atom is -0.383 e. The Morgan fingerprint density at radius 1 is 1.09 bits per heavy atom. The summed E-state index contributed by atoms with van der Waals surface area (Å²) in [4.78, 5) is 16.9. The number of halogens is 1. The lowest BCUT2D eigenvalue weighted by Gasteiger charge is -2.07. The van der Waals surface area contributed by atoms with Crippen molar-refractivity contribution in [3.05, 3.63) is 101 Å². The minimum atomic E-state index is -0.337. The van der Waals surface area contributed by atoms with Crippen LogP contribution in [0.15, 0.2) is 67.1 Å². The van der Waals surface area contributed by atoms with Gasteiger partial charge in [0, 0.05) is 48.2 Å². The number of nitrogens with two attached hydrogens (primary N) is 1. The van der Waals surface area contributed by atoms with Crippen molar-refractivity contribution in [3.8, 4) is 23.0 Å². The van der Waals surface area contributed by atoms with E-state index in [1.165, 1.54) is 12.1 Å². The Kier molecular flexibility index (Phi) is 6.18. The molecule has 7 heteroatoms. The van der Waals surface area contributed by atoms with Crippen molar-refractivity contribution < 1.29 is 9.18 Å². The van der Waals surface area contributed by atoms with E-state index in [9.17, 15) is 9.18 Å². The Hall–Kier alpha value is -4.44. The van der Waals surface area contributed by atoms with Crippen molar-refractivity contribution in [1.29, 1.82) is 0 Å². The molecule has 0 fully saturated rings. The second kappa shape index (κ2) is 9.37. The summed E-state index contributed by atoms with van der Waals surface area (Å²) in [6.45, 7) is 2.15. The van der Waals surface area contributed by atoms with E-state index < -0.39 is 0 Å². The van der Waals surface area contributed by atoms with Crippen LogP contribution < -0.4 is 11.1 Å². The molecule has 0 aliphatic carbocycles. The predicted molar refractivity (Wildman–Crippen MR) is 126 cm³/mol. The molecule has 0 aliphatic rings. The van der Waals surface area contributed by atoms with E-state index in [-0.39, 0.29) is 18.3 Å². The number of anilines is 1. The fraction of sp³-hybridized carbons (Fsp3) is 0.115. The van der Waals surface area contributed by atoms with Gasteiger partial charge in [-0.15, -0.1) is 0 Å². The largest absolute Gasteiger partial charge is 0.383 e. The van der Waals surface area contributed by atoms with Gasteiger partial charge in [0.05, 0.1) is 11.8 Å². The number of hydrogen-bond acceptors (Lipinski definition) is 4. The number of nitrogens with one attached hydrogen (secondary N) is 1. The molecule has 0 bridgehead atoms. The Morgan fingerprint density at radius 3 is 2.67 bits per heavy atom. The van der Waals surface area contributed by atoms with Crippen molar-refractivity contribution in [2.45, 2.75) is 13.5 Å². The van der Waals surface area contributed by atoms with Gasteiger partial charge in [0.1, 0.15) is 11.6 Å². The quantitative estimate of drug-likeness (QED) is 0.473. The number of aromatic nitrogens is 3. The van der Waals surface area contributed by atoms with Gasteiger partial charge in [0.15, 0.2) is 0 Å². The van der Waals surface area contributed by atoms with Crippen LogP contribution in [-0.2, 0) is 13.6 Å². The molecule has 2 aromatic heterocycles. The first-order valence-corrected chi connectivity index (χ1v) is 10.3. The number of amides is 1. The summed E-state index contributed by atoms with van der Waals surface area (Å²) >= 11 is 0. The number of rotatable bonds is 4. The van der Waals surface area contributed by atoms with Gasteiger partial charge in [-0.05, 0) is 48.4 Å². The molecule has 0 aliphatic heterocycles. The lowest BCUT2D eigenvalue weighted by atomic mass is 10.0. The molecule has 0 atom stereocenters. The Morgan fingerprint density at radius 2 is 1.91 bits per heavy atom. The van der Waals surface area contributed by atoms with Gasteiger partial charge in [-0.3, -0.25) is 9.48 Å². The van der Waals surface area contributed by atoms with E-state index in [4.69, 9.17) is 5.73 Å². The van der Waals surface area contributed by atoms with Crippen molar-refractivity contribution in [1.82, 2.24) is 20.1 Å². The first kappa shape index (κ1) is 21.8. The fourth-order valence-corrected chi connectivity index (χ4v) is 3.27. The van der Waals surface area contributed by atoms with Crippen LogP contribution in [-0.4, -0.2) is 20.7 Å². The molecule has 2 aromatic carbocycles. The lowest BCUT2D eigenvalue weighted by molar-refractivity contribution is 0.0951. The molecule has 0 saturated carbocycles. The molecule has 0 unspecified atom stereocenters. The molecule has 33 heavy (non-hydrogen) atoms. The summed E-state index contributed by atoms with van der Waals surface area (Å²) in [5.74, 6) is 5.92. The maximum atomic E-state index is 13.3. The third-order valence-electron chi connectivity index (χ3n) is 5.13. The summed E-state index contributed by atoms with van der Waals surface area (Å²) in [6.07, 6.45) is 5.33. The zero-order chi connectivity index (χ0) is 23.4. The first-order chi connectivity index (χ1) is 15.9.